The molecule has 1 aromatic carbocycles. The molecule has 1 amide bonds. The molecule has 4 rings (SSSR count). The number of benzene rings is 1. The second-order valence-corrected chi connectivity index (χ2v) is 6.65. The number of aromatic nitrogens is 2. The van der Waals surface area contributed by atoms with E-state index in [-0.39, 0.29) is 11.7 Å². The topological polar surface area (TPSA) is 46.4 Å². The van der Waals surface area contributed by atoms with Gasteiger partial charge in [0.1, 0.15) is 11.5 Å². The van der Waals surface area contributed by atoms with E-state index in [1.807, 2.05) is 35.0 Å². The van der Waals surface area contributed by atoms with E-state index in [2.05, 4.69) is 10.3 Å². The van der Waals surface area contributed by atoms with Gasteiger partial charge in [-0.3, -0.25) is 4.79 Å². The van der Waals surface area contributed by atoms with Gasteiger partial charge < -0.3 is 9.72 Å². The Morgan fingerprint density at radius 1 is 1.20 bits per heavy atom. The zero-order valence-electron chi connectivity index (χ0n) is 13.9. The minimum atomic E-state index is -0.493. The number of fused-ring (bicyclic) bond motifs is 1. The summed E-state index contributed by atoms with van der Waals surface area (Å²) >= 11 is 0. The predicted octanol–water partition coefficient (Wildman–Crippen LogP) is 3.25. The highest BCUT2D eigenvalue weighted by Crippen LogP contribution is 2.43. The molecule has 3 aromatic rings. The van der Waals surface area contributed by atoms with Gasteiger partial charge in [0.2, 0.25) is 5.91 Å². The molecule has 2 heterocycles. The summed E-state index contributed by atoms with van der Waals surface area (Å²) in [5.74, 6) is -0.236. The summed E-state index contributed by atoms with van der Waals surface area (Å²) in [6.07, 6.45) is 7.30. The highest BCUT2D eigenvalue weighted by Gasteiger charge is 2.45. The average Bonchev–Trinajstić information content (AvgIpc) is 2.98. The van der Waals surface area contributed by atoms with E-state index in [9.17, 15) is 9.18 Å². The fraction of sp³-hybridized carbons (Fsp3) is 0.300. The summed E-state index contributed by atoms with van der Waals surface area (Å²) in [5, 5.41) is 3.05. The molecule has 1 N–H and O–H groups in total. The number of carbonyl (C=O) groups excluding carboxylic acids is 1. The standard InChI is InChI=1S/C20H20FN3O/c21-16-7-5-15(6-8-16)20(10-3-11-20)19(25)22-12-9-17-14-24-13-2-1-4-18(24)23-17/h1-2,4-8,13-14H,3,9-12H2,(H,22,25). The van der Waals surface area contributed by atoms with Crippen LogP contribution in [0.1, 0.15) is 30.5 Å². The van der Waals surface area contributed by atoms with Crippen molar-refractivity contribution in [1.29, 1.82) is 0 Å². The zero-order valence-corrected chi connectivity index (χ0v) is 13.9. The van der Waals surface area contributed by atoms with Crippen molar-refractivity contribution in [1.82, 2.24) is 14.7 Å². The maximum Gasteiger partial charge on any atom is 0.230 e. The van der Waals surface area contributed by atoms with Gasteiger partial charge >= 0.3 is 0 Å². The maximum absolute atomic E-state index is 13.2. The first-order valence-electron chi connectivity index (χ1n) is 8.64. The SMILES string of the molecule is O=C(NCCc1cn2ccccc2n1)C1(c2ccc(F)cc2)CCC1. The lowest BCUT2D eigenvalue weighted by Crippen LogP contribution is -2.49. The summed E-state index contributed by atoms with van der Waals surface area (Å²) in [5.41, 5.74) is 2.28. The number of hydrogen-bond donors (Lipinski definition) is 1. The molecule has 0 aliphatic heterocycles. The number of halogens is 1. The molecular formula is C20H20FN3O. The van der Waals surface area contributed by atoms with Crippen molar-refractivity contribution in [2.45, 2.75) is 31.1 Å². The second-order valence-electron chi connectivity index (χ2n) is 6.65. The van der Waals surface area contributed by atoms with Crippen LogP contribution in [-0.4, -0.2) is 21.8 Å². The van der Waals surface area contributed by atoms with Gasteiger partial charge in [0.05, 0.1) is 11.1 Å². The first-order valence-corrected chi connectivity index (χ1v) is 8.64. The largest absolute Gasteiger partial charge is 0.355 e. The van der Waals surface area contributed by atoms with Gasteiger partial charge in [0, 0.05) is 25.4 Å². The van der Waals surface area contributed by atoms with Crippen LogP contribution in [0.2, 0.25) is 0 Å². The van der Waals surface area contributed by atoms with Crippen LogP contribution in [0, 0.1) is 5.82 Å². The summed E-state index contributed by atoms with van der Waals surface area (Å²) in [4.78, 5) is 17.3. The lowest BCUT2D eigenvalue weighted by molar-refractivity contribution is -0.129. The van der Waals surface area contributed by atoms with Crippen LogP contribution < -0.4 is 5.32 Å². The van der Waals surface area contributed by atoms with E-state index < -0.39 is 5.41 Å². The average molecular weight is 337 g/mol. The van der Waals surface area contributed by atoms with Crippen molar-refractivity contribution in [3.63, 3.8) is 0 Å². The third kappa shape index (κ3) is 2.90. The van der Waals surface area contributed by atoms with Crippen LogP contribution in [0.5, 0.6) is 0 Å². The molecule has 128 valence electrons. The van der Waals surface area contributed by atoms with Crippen molar-refractivity contribution in [2.24, 2.45) is 0 Å². The van der Waals surface area contributed by atoms with Gasteiger partial charge in [0.25, 0.3) is 0 Å². The highest BCUT2D eigenvalue weighted by molar-refractivity contribution is 5.89. The van der Waals surface area contributed by atoms with E-state index in [0.29, 0.717) is 13.0 Å². The Bertz CT molecular complexity index is 864. The Kier molecular flexibility index (Phi) is 3.99. The Morgan fingerprint density at radius 2 is 2.00 bits per heavy atom. The summed E-state index contributed by atoms with van der Waals surface area (Å²) < 4.78 is 15.1. The molecule has 0 saturated heterocycles. The Hall–Kier alpha value is -2.69. The smallest absolute Gasteiger partial charge is 0.230 e. The predicted molar refractivity (Wildman–Crippen MR) is 93.8 cm³/mol. The monoisotopic (exact) mass is 337 g/mol. The van der Waals surface area contributed by atoms with E-state index in [4.69, 9.17) is 0 Å². The van der Waals surface area contributed by atoms with Crippen molar-refractivity contribution in [3.05, 3.63) is 71.9 Å². The van der Waals surface area contributed by atoms with Gasteiger partial charge in [0.15, 0.2) is 0 Å². The molecule has 0 spiro atoms. The zero-order chi connectivity index (χ0) is 17.3. The minimum absolute atomic E-state index is 0.0362. The van der Waals surface area contributed by atoms with Crippen molar-refractivity contribution >= 4 is 11.6 Å². The quantitative estimate of drug-likeness (QED) is 0.777. The molecule has 0 radical (unpaired) electrons. The summed E-state index contributed by atoms with van der Waals surface area (Å²) in [6, 6.07) is 12.2. The molecule has 0 unspecified atom stereocenters. The van der Waals surface area contributed by atoms with Gasteiger partial charge in [-0.05, 0) is 42.7 Å². The minimum Gasteiger partial charge on any atom is -0.355 e. The fourth-order valence-electron chi connectivity index (χ4n) is 3.53. The number of pyridine rings is 1. The maximum atomic E-state index is 13.2. The van der Waals surface area contributed by atoms with Gasteiger partial charge in [-0.15, -0.1) is 0 Å². The van der Waals surface area contributed by atoms with Crippen LogP contribution in [0.25, 0.3) is 5.65 Å². The van der Waals surface area contributed by atoms with Crippen molar-refractivity contribution in [2.75, 3.05) is 6.54 Å². The fourth-order valence-corrected chi connectivity index (χ4v) is 3.53. The van der Waals surface area contributed by atoms with Crippen LogP contribution in [-0.2, 0) is 16.6 Å². The molecular weight excluding hydrogens is 317 g/mol. The van der Waals surface area contributed by atoms with Crippen LogP contribution in [0.3, 0.4) is 0 Å². The van der Waals surface area contributed by atoms with Crippen LogP contribution in [0.15, 0.2) is 54.9 Å². The first-order chi connectivity index (χ1) is 12.2. The molecule has 4 nitrogen and oxygen atoms in total. The Balaban J connectivity index is 1.41. The van der Waals surface area contributed by atoms with Crippen LogP contribution in [0.4, 0.5) is 4.39 Å². The second kappa shape index (κ2) is 6.31. The molecule has 2 aromatic heterocycles. The Morgan fingerprint density at radius 3 is 2.68 bits per heavy atom. The lowest BCUT2D eigenvalue weighted by atomic mass is 9.64. The number of nitrogens with one attached hydrogen (secondary N) is 1. The number of rotatable bonds is 5. The molecule has 0 bridgehead atoms. The third-order valence-corrected chi connectivity index (χ3v) is 5.12. The number of hydrogen-bond acceptors (Lipinski definition) is 2. The van der Waals surface area contributed by atoms with Gasteiger partial charge in [-0.1, -0.05) is 24.6 Å². The van der Waals surface area contributed by atoms with E-state index in [0.717, 1.165) is 36.2 Å². The molecule has 0 atom stereocenters. The number of carbonyl (C=O) groups is 1. The van der Waals surface area contributed by atoms with Crippen LogP contribution >= 0.6 is 0 Å². The van der Waals surface area contributed by atoms with E-state index >= 15 is 0 Å². The summed E-state index contributed by atoms with van der Waals surface area (Å²) in [6.45, 7) is 0.547. The molecule has 1 aliphatic carbocycles. The molecule has 1 fully saturated rings. The van der Waals surface area contributed by atoms with Gasteiger partial charge in [-0.2, -0.15) is 0 Å². The third-order valence-electron chi connectivity index (χ3n) is 5.12. The number of amides is 1. The summed E-state index contributed by atoms with van der Waals surface area (Å²) in [7, 11) is 0. The Labute approximate surface area is 145 Å². The lowest BCUT2D eigenvalue weighted by Gasteiger charge is -2.40. The van der Waals surface area contributed by atoms with E-state index in [1.165, 1.54) is 12.1 Å². The van der Waals surface area contributed by atoms with Gasteiger partial charge in [-0.25, -0.2) is 9.37 Å². The number of imidazole rings is 1. The molecule has 5 heteroatoms. The highest BCUT2D eigenvalue weighted by atomic mass is 19.1. The molecule has 25 heavy (non-hydrogen) atoms. The normalized spacial score (nSPS) is 15.7. The number of nitrogens with zero attached hydrogens (tertiary/aromatic N) is 2. The first kappa shape index (κ1) is 15.8. The molecule has 1 saturated carbocycles. The van der Waals surface area contributed by atoms with Crippen molar-refractivity contribution < 1.29 is 9.18 Å². The molecule has 1 aliphatic rings. The van der Waals surface area contributed by atoms with Crippen molar-refractivity contribution in [3.8, 4) is 0 Å². The van der Waals surface area contributed by atoms with E-state index in [1.54, 1.807) is 12.1 Å².